The van der Waals surface area contributed by atoms with E-state index >= 15 is 0 Å². The number of aryl methyl sites for hydroxylation is 1. The van der Waals surface area contributed by atoms with Crippen LogP contribution in [0.25, 0.3) is 32.9 Å². The molecule has 0 spiro atoms. The number of halogens is 1. The highest BCUT2D eigenvalue weighted by molar-refractivity contribution is 6.31. The van der Waals surface area contributed by atoms with E-state index in [-0.39, 0.29) is 18.6 Å². The molecule has 0 saturated heterocycles. The first-order valence-corrected chi connectivity index (χ1v) is 10.6. The van der Waals surface area contributed by atoms with Crippen molar-refractivity contribution in [3.63, 3.8) is 0 Å². The van der Waals surface area contributed by atoms with E-state index < -0.39 is 5.97 Å². The summed E-state index contributed by atoms with van der Waals surface area (Å²) in [4.78, 5) is 27.8. The van der Waals surface area contributed by atoms with Gasteiger partial charge in [0.25, 0.3) is 5.56 Å². The van der Waals surface area contributed by atoms with Crippen molar-refractivity contribution >= 4 is 39.2 Å². The summed E-state index contributed by atoms with van der Waals surface area (Å²) in [5.41, 5.74) is 2.48. The van der Waals surface area contributed by atoms with Gasteiger partial charge in [0.05, 0.1) is 5.39 Å². The van der Waals surface area contributed by atoms with E-state index in [1.165, 1.54) is 4.68 Å². The average molecular weight is 463 g/mol. The SMILES string of the molecule is Cc1nnc(Cn2nc(-c3c(C)n(CC(=O)O)c4ccc(Cl)cc34)c3ccccc3c2=O)[nH]1. The molecule has 3 heterocycles. The predicted octanol–water partition coefficient (Wildman–Crippen LogP) is 3.54. The lowest BCUT2D eigenvalue weighted by Crippen LogP contribution is -2.25. The van der Waals surface area contributed by atoms with Crippen LogP contribution in [-0.4, -0.2) is 40.6 Å². The van der Waals surface area contributed by atoms with Gasteiger partial charge in [0.1, 0.15) is 24.6 Å². The fourth-order valence-corrected chi connectivity index (χ4v) is 4.40. The predicted molar refractivity (Wildman–Crippen MR) is 125 cm³/mol. The highest BCUT2D eigenvalue weighted by atomic mass is 35.5. The number of carboxylic acid groups (broad SMARTS) is 1. The molecule has 5 aromatic rings. The minimum atomic E-state index is -0.958. The molecule has 2 N–H and O–H groups in total. The first-order valence-electron chi connectivity index (χ1n) is 10.2. The van der Waals surface area contributed by atoms with Gasteiger partial charge in [0.2, 0.25) is 0 Å². The largest absolute Gasteiger partial charge is 0.480 e. The summed E-state index contributed by atoms with van der Waals surface area (Å²) in [6.45, 7) is 3.53. The lowest BCUT2D eigenvalue weighted by molar-refractivity contribution is -0.137. The number of carboxylic acids is 1. The number of aromatic nitrogens is 6. The second-order valence-corrected chi connectivity index (χ2v) is 8.25. The first kappa shape index (κ1) is 20.9. The number of H-pyrrole nitrogens is 1. The molecule has 9 nitrogen and oxygen atoms in total. The van der Waals surface area contributed by atoms with Gasteiger partial charge in [-0.2, -0.15) is 5.10 Å². The van der Waals surface area contributed by atoms with Gasteiger partial charge in [0.15, 0.2) is 5.82 Å². The van der Waals surface area contributed by atoms with Crippen LogP contribution in [0.15, 0.2) is 47.3 Å². The van der Waals surface area contributed by atoms with Crippen LogP contribution in [0.2, 0.25) is 5.02 Å². The second kappa shape index (κ2) is 7.86. The van der Waals surface area contributed by atoms with Gasteiger partial charge in [-0.3, -0.25) is 9.59 Å². The highest BCUT2D eigenvalue weighted by Crippen LogP contribution is 2.37. The zero-order valence-corrected chi connectivity index (χ0v) is 18.6. The molecule has 0 aliphatic heterocycles. The van der Waals surface area contributed by atoms with Crippen molar-refractivity contribution in [2.75, 3.05) is 0 Å². The van der Waals surface area contributed by atoms with Crippen LogP contribution in [0.3, 0.4) is 0 Å². The van der Waals surface area contributed by atoms with E-state index in [0.717, 1.165) is 16.5 Å². The van der Waals surface area contributed by atoms with E-state index in [2.05, 4.69) is 15.2 Å². The number of hydrogen-bond acceptors (Lipinski definition) is 5. The quantitative estimate of drug-likeness (QED) is 0.412. The van der Waals surface area contributed by atoms with E-state index in [1.807, 2.05) is 19.1 Å². The molecule has 0 fully saturated rings. The molecular weight excluding hydrogens is 444 g/mol. The van der Waals surface area contributed by atoms with Gasteiger partial charge in [0, 0.05) is 32.6 Å². The van der Waals surface area contributed by atoms with Crippen LogP contribution in [0, 0.1) is 13.8 Å². The number of nitrogens with one attached hydrogen (secondary N) is 1. The molecule has 3 aromatic heterocycles. The zero-order chi connectivity index (χ0) is 23.3. The molecule has 0 atom stereocenters. The molecule has 33 heavy (non-hydrogen) atoms. The summed E-state index contributed by atoms with van der Waals surface area (Å²) >= 11 is 6.31. The van der Waals surface area contributed by atoms with Crippen molar-refractivity contribution in [2.24, 2.45) is 0 Å². The molecule has 0 aliphatic rings. The Bertz CT molecular complexity index is 1610. The number of benzene rings is 2. The van der Waals surface area contributed by atoms with Crippen LogP contribution in [0.4, 0.5) is 0 Å². The number of aliphatic carboxylic acids is 1. The maximum atomic E-state index is 13.2. The Balaban J connectivity index is 1.84. The smallest absolute Gasteiger partial charge is 0.323 e. The molecule has 0 amide bonds. The summed E-state index contributed by atoms with van der Waals surface area (Å²) in [6, 6.07) is 12.6. The van der Waals surface area contributed by atoms with E-state index in [0.29, 0.717) is 38.8 Å². The Hall–Kier alpha value is -3.98. The Kier molecular flexibility index (Phi) is 4.98. The molecule has 0 unspecified atom stereocenters. The van der Waals surface area contributed by atoms with Crippen LogP contribution >= 0.6 is 11.6 Å². The number of fused-ring (bicyclic) bond motifs is 2. The van der Waals surface area contributed by atoms with Gasteiger partial charge in [-0.25, -0.2) is 4.68 Å². The summed E-state index contributed by atoms with van der Waals surface area (Å²) in [6.07, 6.45) is 0. The molecule has 5 rings (SSSR count). The van der Waals surface area contributed by atoms with Crippen LogP contribution < -0.4 is 5.56 Å². The number of hydrogen-bond donors (Lipinski definition) is 2. The lowest BCUT2D eigenvalue weighted by atomic mass is 10.0. The number of nitrogens with zero attached hydrogens (tertiary/aromatic N) is 5. The van der Waals surface area contributed by atoms with Crippen molar-refractivity contribution in [3.05, 3.63) is 75.2 Å². The van der Waals surface area contributed by atoms with Crippen LogP contribution in [0.5, 0.6) is 0 Å². The molecule has 0 radical (unpaired) electrons. The summed E-state index contributed by atoms with van der Waals surface area (Å²) in [5, 5.41) is 24.7. The van der Waals surface area contributed by atoms with E-state index in [4.69, 9.17) is 16.7 Å². The van der Waals surface area contributed by atoms with Gasteiger partial charge in [-0.1, -0.05) is 29.8 Å². The molecular formula is C23H19ClN6O3. The highest BCUT2D eigenvalue weighted by Gasteiger charge is 2.22. The minimum Gasteiger partial charge on any atom is -0.480 e. The molecule has 0 saturated carbocycles. The van der Waals surface area contributed by atoms with Crippen molar-refractivity contribution in [1.82, 2.24) is 29.5 Å². The summed E-state index contributed by atoms with van der Waals surface area (Å²) < 4.78 is 3.07. The van der Waals surface area contributed by atoms with Crippen LogP contribution in [-0.2, 0) is 17.9 Å². The molecule has 0 aliphatic carbocycles. The maximum absolute atomic E-state index is 13.2. The fourth-order valence-electron chi connectivity index (χ4n) is 4.23. The standard InChI is InChI=1S/C23H19ClN6O3/c1-12-21(17-9-14(24)7-8-18(17)29(12)11-20(31)32)22-15-5-3-4-6-16(15)23(33)30(28-22)10-19-25-13(2)26-27-19/h3-9H,10-11H2,1-2H3,(H,31,32)(H,25,26,27). The van der Waals surface area contributed by atoms with Crippen LogP contribution in [0.1, 0.15) is 17.3 Å². The minimum absolute atomic E-state index is 0.116. The third-order valence-electron chi connectivity index (χ3n) is 5.63. The zero-order valence-electron chi connectivity index (χ0n) is 17.8. The topological polar surface area (TPSA) is 119 Å². The van der Waals surface area contributed by atoms with Crippen molar-refractivity contribution in [1.29, 1.82) is 0 Å². The lowest BCUT2D eigenvalue weighted by Gasteiger charge is -2.11. The van der Waals surface area contributed by atoms with Crippen molar-refractivity contribution < 1.29 is 9.90 Å². The summed E-state index contributed by atoms with van der Waals surface area (Å²) in [5.74, 6) is 0.192. The monoisotopic (exact) mass is 462 g/mol. The Morgan fingerprint density at radius 3 is 2.55 bits per heavy atom. The van der Waals surface area contributed by atoms with E-state index in [1.54, 1.807) is 41.8 Å². The number of carbonyl (C=O) groups is 1. The fraction of sp³-hybridized carbons (Fsp3) is 0.174. The third kappa shape index (κ3) is 3.56. The normalized spacial score (nSPS) is 11.5. The molecule has 0 bridgehead atoms. The van der Waals surface area contributed by atoms with Gasteiger partial charge in [-0.15, -0.1) is 10.2 Å². The second-order valence-electron chi connectivity index (χ2n) is 7.82. The number of rotatable bonds is 5. The first-order chi connectivity index (χ1) is 15.8. The van der Waals surface area contributed by atoms with Crippen molar-refractivity contribution in [2.45, 2.75) is 26.9 Å². The number of aromatic amines is 1. The third-order valence-corrected chi connectivity index (χ3v) is 5.86. The molecule has 10 heteroatoms. The van der Waals surface area contributed by atoms with Crippen molar-refractivity contribution in [3.8, 4) is 11.3 Å². The molecule has 166 valence electrons. The van der Waals surface area contributed by atoms with Gasteiger partial charge >= 0.3 is 5.97 Å². The summed E-state index contributed by atoms with van der Waals surface area (Å²) in [7, 11) is 0. The van der Waals surface area contributed by atoms with E-state index in [9.17, 15) is 14.7 Å². The van der Waals surface area contributed by atoms with Gasteiger partial charge in [-0.05, 0) is 38.1 Å². The maximum Gasteiger partial charge on any atom is 0.323 e. The average Bonchev–Trinajstić information content (AvgIpc) is 3.30. The Morgan fingerprint density at radius 1 is 1.09 bits per heavy atom. The Morgan fingerprint density at radius 2 is 1.85 bits per heavy atom. The Labute approximate surface area is 192 Å². The molecule has 2 aromatic carbocycles. The van der Waals surface area contributed by atoms with Gasteiger partial charge < -0.3 is 14.7 Å².